The van der Waals surface area contributed by atoms with E-state index in [1.54, 1.807) is 7.05 Å². The number of hydrogen-bond acceptors (Lipinski definition) is 3. The lowest BCUT2D eigenvalue weighted by Gasteiger charge is -2.06. The van der Waals surface area contributed by atoms with Gasteiger partial charge in [-0.2, -0.15) is 5.10 Å². The summed E-state index contributed by atoms with van der Waals surface area (Å²) in [5, 5.41) is 6.72. The van der Waals surface area contributed by atoms with Crippen molar-refractivity contribution < 1.29 is 4.79 Å². The van der Waals surface area contributed by atoms with E-state index < -0.39 is 0 Å². The van der Waals surface area contributed by atoms with E-state index in [1.807, 2.05) is 0 Å². The molecule has 5 heteroatoms. The van der Waals surface area contributed by atoms with E-state index >= 15 is 0 Å². The molecule has 3 N–H and O–H groups in total. The summed E-state index contributed by atoms with van der Waals surface area (Å²) in [6.45, 7) is 4.90. The van der Waals surface area contributed by atoms with E-state index in [9.17, 15) is 4.79 Å². The first-order valence-electron chi connectivity index (χ1n) is 5.08. The molecule has 1 aromatic heterocycles. The molecule has 0 atom stereocenters. The molecule has 0 aromatic carbocycles. The summed E-state index contributed by atoms with van der Waals surface area (Å²) in [7, 11) is 1.71. The van der Waals surface area contributed by atoms with Crippen molar-refractivity contribution in [1.29, 1.82) is 0 Å². The highest BCUT2D eigenvalue weighted by atomic mass is 16.1. The number of aryl methyl sites for hydroxylation is 1. The fraction of sp³-hybridized carbons (Fsp3) is 0.600. The lowest BCUT2D eigenvalue weighted by atomic mass is 10.1. The van der Waals surface area contributed by atoms with E-state index in [1.165, 1.54) is 10.9 Å². The Balaban J connectivity index is 2.51. The molecule has 0 bridgehead atoms. The van der Waals surface area contributed by atoms with Crippen LogP contribution in [-0.2, 0) is 7.05 Å². The molecule has 0 fully saturated rings. The fourth-order valence-corrected chi connectivity index (χ4v) is 1.19. The second kappa shape index (κ2) is 4.82. The molecule has 84 valence electrons. The van der Waals surface area contributed by atoms with Gasteiger partial charge in [0.05, 0.1) is 6.20 Å². The van der Waals surface area contributed by atoms with Crippen LogP contribution in [-0.4, -0.2) is 22.2 Å². The molecule has 0 saturated carbocycles. The summed E-state index contributed by atoms with van der Waals surface area (Å²) in [6, 6.07) is 0. The number of carbonyl (C=O) groups excluding carboxylic acids is 1. The Labute approximate surface area is 89.6 Å². The molecule has 0 spiro atoms. The van der Waals surface area contributed by atoms with Crippen LogP contribution >= 0.6 is 0 Å². The lowest BCUT2D eigenvalue weighted by molar-refractivity contribution is 0.0953. The van der Waals surface area contributed by atoms with Gasteiger partial charge in [-0.15, -0.1) is 0 Å². The molecule has 5 nitrogen and oxygen atoms in total. The van der Waals surface area contributed by atoms with Crippen molar-refractivity contribution >= 4 is 11.7 Å². The van der Waals surface area contributed by atoms with Crippen LogP contribution in [0.2, 0.25) is 0 Å². The molecular formula is C10H18N4O. The smallest absolute Gasteiger partial charge is 0.256 e. The Kier molecular flexibility index (Phi) is 3.71. The second-order valence-electron chi connectivity index (χ2n) is 4.01. The van der Waals surface area contributed by atoms with Crippen LogP contribution in [0.5, 0.6) is 0 Å². The number of anilines is 1. The van der Waals surface area contributed by atoms with Crippen molar-refractivity contribution in [3.63, 3.8) is 0 Å². The molecule has 15 heavy (non-hydrogen) atoms. The monoisotopic (exact) mass is 210 g/mol. The summed E-state index contributed by atoms with van der Waals surface area (Å²) < 4.78 is 1.48. The number of hydrogen-bond donors (Lipinski definition) is 2. The van der Waals surface area contributed by atoms with E-state index in [2.05, 4.69) is 24.3 Å². The molecule has 1 aromatic rings. The number of amides is 1. The number of nitrogens with one attached hydrogen (secondary N) is 1. The lowest BCUT2D eigenvalue weighted by Crippen LogP contribution is -2.25. The number of nitrogens with two attached hydrogens (primary N) is 1. The minimum atomic E-state index is -0.152. The van der Waals surface area contributed by atoms with Crippen LogP contribution in [0, 0.1) is 5.92 Å². The van der Waals surface area contributed by atoms with Gasteiger partial charge in [0.25, 0.3) is 5.91 Å². The van der Waals surface area contributed by atoms with Crippen molar-refractivity contribution in [3.8, 4) is 0 Å². The first kappa shape index (κ1) is 11.6. The third-order valence-corrected chi connectivity index (χ3v) is 2.24. The average molecular weight is 210 g/mol. The summed E-state index contributed by atoms with van der Waals surface area (Å²) in [6.07, 6.45) is 2.45. The van der Waals surface area contributed by atoms with Gasteiger partial charge in [-0.3, -0.25) is 9.48 Å². The maximum absolute atomic E-state index is 11.6. The third kappa shape index (κ3) is 2.97. The predicted octanol–water partition coefficient (Wildman–Crippen LogP) is 0.778. The Bertz CT molecular complexity index is 343. The largest absolute Gasteiger partial charge is 0.383 e. The van der Waals surface area contributed by atoms with E-state index in [4.69, 9.17) is 5.73 Å². The summed E-state index contributed by atoms with van der Waals surface area (Å²) >= 11 is 0. The highest BCUT2D eigenvalue weighted by molar-refractivity contribution is 5.98. The molecule has 0 radical (unpaired) electrons. The van der Waals surface area contributed by atoms with Crippen molar-refractivity contribution in [3.05, 3.63) is 11.8 Å². The van der Waals surface area contributed by atoms with E-state index in [-0.39, 0.29) is 5.91 Å². The Morgan fingerprint density at radius 1 is 1.67 bits per heavy atom. The number of carbonyl (C=O) groups is 1. The quantitative estimate of drug-likeness (QED) is 0.771. The molecule has 0 aliphatic heterocycles. The summed E-state index contributed by atoms with van der Waals surface area (Å²) in [4.78, 5) is 11.6. The van der Waals surface area contributed by atoms with Gasteiger partial charge >= 0.3 is 0 Å². The summed E-state index contributed by atoms with van der Waals surface area (Å²) in [5.74, 6) is 0.829. The van der Waals surface area contributed by atoms with Crippen LogP contribution < -0.4 is 11.1 Å². The van der Waals surface area contributed by atoms with Gasteiger partial charge in [0.1, 0.15) is 11.4 Å². The number of aromatic nitrogens is 2. The minimum absolute atomic E-state index is 0.152. The number of nitrogens with zero attached hydrogens (tertiary/aromatic N) is 2. The Morgan fingerprint density at radius 2 is 2.33 bits per heavy atom. The molecule has 0 aliphatic rings. The van der Waals surface area contributed by atoms with Crippen molar-refractivity contribution in [1.82, 2.24) is 15.1 Å². The van der Waals surface area contributed by atoms with E-state index in [0.717, 1.165) is 6.42 Å². The maximum atomic E-state index is 11.6. The molecular weight excluding hydrogens is 192 g/mol. The van der Waals surface area contributed by atoms with Crippen LogP contribution in [0.4, 0.5) is 5.82 Å². The zero-order valence-corrected chi connectivity index (χ0v) is 9.45. The van der Waals surface area contributed by atoms with Crippen LogP contribution in [0.25, 0.3) is 0 Å². The first-order valence-corrected chi connectivity index (χ1v) is 5.08. The average Bonchev–Trinajstić information content (AvgIpc) is 2.47. The number of nitrogen functional groups attached to an aromatic ring is 1. The van der Waals surface area contributed by atoms with E-state index in [0.29, 0.717) is 23.8 Å². The Morgan fingerprint density at radius 3 is 2.80 bits per heavy atom. The van der Waals surface area contributed by atoms with Gasteiger partial charge in [0.2, 0.25) is 0 Å². The molecule has 0 aliphatic carbocycles. The zero-order valence-electron chi connectivity index (χ0n) is 9.45. The Hall–Kier alpha value is -1.52. The summed E-state index contributed by atoms with van der Waals surface area (Å²) in [5.41, 5.74) is 6.12. The van der Waals surface area contributed by atoms with Crippen molar-refractivity contribution in [2.45, 2.75) is 20.3 Å². The topological polar surface area (TPSA) is 72.9 Å². The van der Waals surface area contributed by atoms with Crippen molar-refractivity contribution in [2.24, 2.45) is 13.0 Å². The van der Waals surface area contributed by atoms with Gasteiger partial charge in [-0.1, -0.05) is 13.8 Å². The highest BCUT2D eigenvalue weighted by Crippen LogP contribution is 2.08. The normalized spacial score (nSPS) is 10.7. The maximum Gasteiger partial charge on any atom is 0.256 e. The molecule has 0 saturated heterocycles. The standard InChI is InChI=1S/C10H18N4O/c1-7(2)4-5-12-10(15)8-6-13-14(3)9(8)11/h6-7H,4-5,11H2,1-3H3,(H,12,15). The molecule has 0 unspecified atom stereocenters. The zero-order chi connectivity index (χ0) is 11.4. The third-order valence-electron chi connectivity index (χ3n) is 2.24. The highest BCUT2D eigenvalue weighted by Gasteiger charge is 2.12. The molecule has 1 rings (SSSR count). The van der Waals surface area contributed by atoms with Crippen LogP contribution in [0.1, 0.15) is 30.6 Å². The van der Waals surface area contributed by atoms with Gasteiger partial charge < -0.3 is 11.1 Å². The van der Waals surface area contributed by atoms with Gasteiger partial charge in [-0.05, 0) is 12.3 Å². The van der Waals surface area contributed by atoms with Crippen LogP contribution in [0.3, 0.4) is 0 Å². The first-order chi connectivity index (χ1) is 7.02. The number of rotatable bonds is 4. The van der Waals surface area contributed by atoms with Gasteiger partial charge in [0, 0.05) is 13.6 Å². The molecule has 1 heterocycles. The predicted molar refractivity (Wildman–Crippen MR) is 59.4 cm³/mol. The van der Waals surface area contributed by atoms with Gasteiger partial charge in [-0.25, -0.2) is 0 Å². The second-order valence-corrected chi connectivity index (χ2v) is 4.01. The molecule has 1 amide bonds. The SMILES string of the molecule is CC(C)CCNC(=O)c1cnn(C)c1N. The fourth-order valence-electron chi connectivity index (χ4n) is 1.19. The van der Waals surface area contributed by atoms with Crippen molar-refractivity contribution in [2.75, 3.05) is 12.3 Å². The minimum Gasteiger partial charge on any atom is -0.383 e. The van der Waals surface area contributed by atoms with Crippen LogP contribution in [0.15, 0.2) is 6.20 Å². The van der Waals surface area contributed by atoms with Gasteiger partial charge in [0.15, 0.2) is 0 Å².